The third-order valence-electron chi connectivity index (χ3n) is 2.93. The number of benzene rings is 2. The highest BCUT2D eigenvalue weighted by Crippen LogP contribution is 2.31. The van der Waals surface area contributed by atoms with Crippen LogP contribution in [-0.2, 0) is 6.54 Å². The zero-order chi connectivity index (χ0) is 15.4. The highest BCUT2D eigenvalue weighted by atomic mass is 79.9. The van der Waals surface area contributed by atoms with Gasteiger partial charge in [0.15, 0.2) is 11.5 Å². The first-order valence-corrected chi connectivity index (χ1v) is 6.85. The van der Waals surface area contributed by atoms with E-state index in [9.17, 15) is 15.2 Å². The Morgan fingerprint density at radius 1 is 1.38 bits per heavy atom. The van der Waals surface area contributed by atoms with Crippen LogP contribution in [0.25, 0.3) is 0 Å². The lowest BCUT2D eigenvalue weighted by Gasteiger charge is -2.11. The molecule has 0 aliphatic rings. The maximum Gasteiger partial charge on any atom is 0.283 e. The standard InChI is InChI=1S/C14H13BrN2O4/c1-21-13-4-2-3-9(14(13)18)8-16-10-5-6-12(17(19)20)11(15)7-10/h2-7,16,18H,8H2,1H3. The van der Waals surface area contributed by atoms with Crippen molar-refractivity contribution in [3.8, 4) is 11.5 Å². The normalized spacial score (nSPS) is 10.2. The predicted molar refractivity (Wildman–Crippen MR) is 82.8 cm³/mol. The summed E-state index contributed by atoms with van der Waals surface area (Å²) in [6.07, 6.45) is 0. The van der Waals surface area contributed by atoms with Gasteiger partial charge in [-0.1, -0.05) is 12.1 Å². The summed E-state index contributed by atoms with van der Waals surface area (Å²) in [5.74, 6) is 0.479. The summed E-state index contributed by atoms with van der Waals surface area (Å²) >= 11 is 3.16. The smallest absolute Gasteiger partial charge is 0.283 e. The lowest BCUT2D eigenvalue weighted by Crippen LogP contribution is -2.01. The van der Waals surface area contributed by atoms with E-state index < -0.39 is 4.92 Å². The van der Waals surface area contributed by atoms with Gasteiger partial charge in [0.25, 0.3) is 5.69 Å². The number of para-hydroxylation sites is 1. The van der Waals surface area contributed by atoms with Crippen LogP contribution in [0.2, 0.25) is 0 Å². The molecule has 0 aliphatic carbocycles. The third kappa shape index (κ3) is 3.43. The van der Waals surface area contributed by atoms with Crippen molar-refractivity contribution in [3.05, 3.63) is 56.5 Å². The number of ether oxygens (including phenoxy) is 1. The van der Waals surface area contributed by atoms with E-state index in [1.165, 1.54) is 13.2 Å². The van der Waals surface area contributed by atoms with Gasteiger partial charge in [-0.05, 0) is 34.1 Å². The number of halogens is 1. The van der Waals surface area contributed by atoms with Gasteiger partial charge in [0.2, 0.25) is 0 Å². The highest BCUT2D eigenvalue weighted by molar-refractivity contribution is 9.10. The average molecular weight is 353 g/mol. The van der Waals surface area contributed by atoms with Crippen molar-refractivity contribution >= 4 is 27.3 Å². The Kier molecular flexibility index (Phi) is 4.64. The summed E-state index contributed by atoms with van der Waals surface area (Å²) in [6, 6.07) is 9.86. The number of nitrogens with one attached hydrogen (secondary N) is 1. The molecule has 6 nitrogen and oxygen atoms in total. The summed E-state index contributed by atoms with van der Waals surface area (Å²) in [5, 5.41) is 23.8. The number of aromatic hydroxyl groups is 1. The Bertz CT molecular complexity index is 676. The first-order valence-electron chi connectivity index (χ1n) is 6.05. The Hall–Kier alpha value is -2.28. The van der Waals surface area contributed by atoms with Crippen LogP contribution in [0, 0.1) is 10.1 Å². The fraction of sp³-hybridized carbons (Fsp3) is 0.143. The number of nitro groups is 1. The monoisotopic (exact) mass is 352 g/mol. The molecule has 110 valence electrons. The number of phenols is 1. The zero-order valence-corrected chi connectivity index (χ0v) is 12.8. The molecule has 0 saturated heterocycles. The largest absolute Gasteiger partial charge is 0.504 e. The van der Waals surface area contributed by atoms with Crippen LogP contribution in [0.3, 0.4) is 0 Å². The predicted octanol–water partition coefficient (Wildman–Crippen LogP) is 3.68. The first kappa shape index (κ1) is 15.1. The number of hydrogen-bond acceptors (Lipinski definition) is 5. The van der Waals surface area contributed by atoms with E-state index in [2.05, 4.69) is 21.2 Å². The molecule has 0 amide bonds. The summed E-state index contributed by atoms with van der Waals surface area (Å²) in [4.78, 5) is 10.3. The van der Waals surface area contributed by atoms with Gasteiger partial charge in [-0.15, -0.1) is 0 Å². The van der Waals surface area contributed by atoms with Crippen molar-refractivity contribution in [1.82, 2.24) is 0 Å². The first-order chi connectivity index (χ1) is 10.0. The molecule has 0 fully saturated rings. The molecule has 2 rings (SSSR count). The average Bonchev–Trinajstić information content (AvgIpc) is 2.46. The van der Waals surface area contributed by atoms with Gasteiger partial charge in [-0.25, -0.2) is 0 Å². The lowest BCUT2D eigenvalue weighted by atomic mass is 10.2. The van der Waals surface area contributed by atoms with E-state index in [-0.39, 0.29) is 11.4 Å². The number of methoxy groups -OCH3 is 1. The minimum atomic E-state index is -0.457. The second kappa shape index (κ2) is 6.45. The Balaban J connectivity index is 2.14. The van der Waals surface area contributed by atoms with Crippen LogP contribution in [0.1, 0.15) is 5.56 Å². The van der Waals surface area contributed by atoms with E-state index >= 15 is 0 Å². The molecule has 2 N–H and O–H groups in total. The van der Waals surface area contributed by atoms with Crippen molar-refractivity contribution in [2.45, 2.75) is 6.54 Å². The van der Waals surface area contributed by atoms with Gasteiger partial charge in [0.1, 0.15) is 0 Å². The van der Waals surface area contributed by atoms with E-state index in [4.69, 9.17) is 4.74 Å². The number of rotatable bonds is 5. The van der Waals surface area contributed by atoms with Gasteiger partial charge in [-0.3, -0.25) is 10.1 Å². The molecule has 2 aromatic rings. The molecular weight excluding hydrogens is 340 g/mol. The van der Waals surface area contributed by atoms with Crippen LogP contribution >= 0.6 is 15.9 Å². The van der Waals surface area contributed by atoms with Crippen LogP contribution in [-0.4, -0.2) is 17.1 Å². The topological polar surface area (TPSA) is 84.6 Å². The molecule has 21 heavy (non-hydrogen) atoms. The maximum absolute atomic E-state index is 10.7. The zero-order valence-electron chi connectivity index (χ0n) is 11.2. The second-order valence-corrected chi connectivity index (χ2v) is 5.10. The Morgan fingerprint density at radius 3 is 2.76 bits per heavy atom. The minimum absolute atomic E-state index is 0.00442. The number of phenolic OH excluding ortho intramolecular Hbond substituents is 1. The fourth-order valence-corrected chi connectivity index (χ4v) is 2.36. The minimum Gasteiger partial charge on any atom is -0.504 e. The van der Waals surface area contributed by atoms with Crippen molar-refractivity contribution in [2.75, 3.05) is 12.4 Å². The van der Waals surface area contributed by atoms with Crippen LogP contribution in [0.15, 0.2) is 40.9 Å². The van der Waals surface area contributed by atoms with Crippen LogP contribution in [0.4, 0.5) is 11.4 Å². The van der Waals surface area contributed by atoms with Crippen molar-refractivity contribution in [3.63, 3.8) is 0 Å². The van der Waals surface area contributed by atoms with Crippen LogP contribution < -0.4 is 10.1 Å². The van der Waals surface area contributed by atoms with Gasteiger partial charge >= 0.3 is 0 Å². The molecule has 2 aromatic carbocycles. The molecule has 0 spiro atoms. The number of anilines is 1. The molecule has 0 heterocycles. The molecule has 0 unspecified atom stereocenters. The van der Waals surface area contributed by atoms with E-state index in [1.807, 2.05) is 0 Å². The molecule has 0 atom stereocenters. The third-order valence-corrected chi connectivity index (χ3v) is 3.56. The molecule has 0 aromatic heterocycles. The fourth-order valence-electron chi connectivity index (χ4n) is 1.84. The van der Waals surface area contributed by atoms with Crippen molar-refractivity contribution in [1.29, 1.82) is 0 Å². The molecule has 0 saturated carbocycles. The SMILES string of the molecule is COc1cccc(CNc2ccc([N+](=O)[O-])c(Br)c2)c1O. The maximum atomic E-state index is 10.7. The quantitative estimate of drug-likeness (QED) is 0.633. The summed E-state index contributed by atoms with van der Waals surface area (Å²) in [7, 11) is 1.49. The number of nitrogens with zero attached hydrogens (tertiary/aromatic N) is 1. The van der Waals surface area contributed by atoms with Crippen molar-refractivity contribution in [2.24, 2.45) is 0 Å². The molecule has 0 radical (unpaired) electrons. The van der Waals surface area contributed by atoms with Gasteiger partial charge in [-0.2, -0.15) is 0 Å². The highest BCUT2D eigenvalue weighted by Gasteiger charge is 2.12. The summed E-state index contributed by atoms with van der Waals surface area (Å²) in [6.45, 7) is 0.368. The van der Waals surface area contributed by atoms with Crippen molar-refractivity contribution < 1.29 is 14.8 Å². The Morgan fingerprint density at radius 2 is 2.14 bits per heavy atom. The van der Waals surface area contributed by atoms with Crippen LogP contribution in [0.5, 0.6) is 11.5 Å². The van der Waals surface area contributed by atoms with E-state index in [0.29, 0.717) is 28.0 Å². The molecule has 0 bridgehead atoms. The van der Waals surface area contributed by atoms with Gasteiger partial charge in [0.05, 0.1) is 16.5 Å². The summed E-state index contributed by atoms with van der Waals surface area (Å²) in [5.41, 5.74) is 1.38. The van der Waals surface area contributed by atoms with Gasteiger partial charge < -0.3 is 15.2 Å². The lowest BCUT2D eigenvalue weighted by molar-refractivity contribution is -0.385. The molecular formula is C14H13BrN2O4. The molecule has 7 heteroatoms. The Labute approximate surface area is 129 Å². The number of hydrogen-bond donors (Lipinski definition) is 2. The number of nitro benzene ring substituents is 1. The second-order valence-electron chi connectivity index (χ2n) is 4.24. The van der Waals surface area contributed by atoms with Gasteiger partial charge in [0, 0.05) is 23.9 Å². The van der Waals surface area contributed by atoms with E-state index in [0.717, 1.165) is 0 Å². The molecule has 0 aliphatic heterocycles. The summed E-state index contributed by atoms with van der Waals surface area (Å²) < 4.78 is 5.43. The van der Waals surface area contributed by atoms with E-state index in [1.54, 1.807) is 30.3 Å².